The fraction of sp³-hybridized carbons (Fsp3) is 0.231. The Morgan fingerprint density at radius 2 is 2.28 bits per heavy atom. The van der Waals surface area contributed by atoms with Crippen LogP contribution in [0.3, 0.4) is 0 Å². The highest BCUT2D eigenvalue weighted by Gasteiger charge is 2.23. The van der Waals surface area contributed by atoms with Gasteiger partial charge in [-0.05, 0) is 5.56 Å². The molecule has 1 unspecified atom stereocenters. The maximum atomic E-state index is 5.69. The van der Waals surface area contributed by atoms with Crippen LogP contribution < -0.4 is 16.0 Å². The maximum Gasteiger partial charge on any atom is 0.127 e. The Labute approximate surface area is 105 Å². The molecule has 1 aliphatic rings. The van der Waals surface area contributed by atoms with Crippen LogP contribution in [0.15, 0.2) is 36.8 Å². The van der Waals surface area contributed by atoms with Crippen molar-refractivity contribution in [1.82, 2.24) is 15.4 Å². The lowest BCUT2D eigenvalue weighted by molar-refractivity contribution is 0.350. The second kappa shape index (κ2) is 4.72. The molecule has 0 aliphatic carbocycles. The molecular weight excluding hydrogens is 228 g/mol. The van der Waals surface area contributed by atoms with E-state index in [1.165, 1.54) is 5.56 Å². The van der Waals surface area contributed by atoms with Crippen LogP contribution in [0.2, 0.25) is 0 Å². The molecule has 18 heavy (non-hydrogen) atoms. The van der Waals surface area contributed by atoms with E-state index in [1.807, 2.05) is 12.1 Å². The lowest BCUT2D eigenvalue weighted by Crippen LogP contribution is -2.29. The molecule has 5 nitrogen and oxygen atoms in total. The van der Waals surface area contributed by atoms with E-state index in [-0.39, 0.29) is 6.04 Å². The van der Waals surface area contributed by atoms with E-state index in [2.05, 4.69) is 21.5 Å². The Morgan fingerprint density at radius 1 is 1.33 bits per heavy atom. The van der Waals surface area contributed by atoms with E-state index in [0.717, 1.165) is 30.0 Å². The van der Waals surface area contributed by atoms with Crippen molar-refractivity contribution in [3.05, 3.63) is 53.6 Å². The first kappa shape index (κ1) is 11.1. The number of aromatic nitrogens is 2. The van der Waals surface area contributed by atoms with E-state index in [9.17, 15) is 0 Å². The average Bonchev–Trinajstić information content (AvgIpc) is 2.90. The van der Waals surface area contributed by atoms with Crippen LogP contribution in [0.1, 0.15) is 22.9 Å². The van der Waals surface area contributed by atoms with E-state index < -0.39 is 0 Å². The number of nitrogens with zero attached hydrogens (tertiary/aromatic N) is 2. The predicted molar refractivity (Wildman–Crippen MR) is 66.8 cm³/mol. The van der Waals surface area contributed by atoms with E-state index in [1.54, 1.807) is 18.6 Å². The van der Waals surface area contributed by atoms with Crippen LogP contribution in [0.5, 0.6) is 5.75 Å². The van der Waals surface area contributed by atoms with Gasteiger partial charge in [0.25, 0.3) is 0 Å². The van der Waals surface area contributed by atoms with Crippen LogP contribution >= 0.6 is 0 Å². The summed E-state index contributed by atoms with van der Waals surface area (Å²) in [5, 5.41) is 0. The molecule has 0 bridgehead atoms. The zero-order valence-corrected chi connectivity index (χ0v) is 9.84. The first-order valence-electron chi connectivity index (χ1n) is 5.87. The monoisotopic (exact) mass is 242 g/mol. The van der Waals surface area contributed by atoms with Gasteiger partial charge >= 0.3 is 0 Å². The number of nitrogens with two attached hydrogens (primary N) is 1. The number of rotatable bonds is 3. The lowest BCUT2D eigenvalue weighted by Gasteiger charge is -2.18. The van der Waals surface area contributed by atoms with Gasteiger partial charge in [-0.25, -0.2) is 5.43 Å². The Hall–Kier alpha value is -1.98. The zero-order chi connectivity index (χ0) is 12.4. The fourth-order valence-electron chi connectivity index (χ4n) is 2.26. The molecule has 3 rings (SSSR count). The van der Waals surface area contributed by atoms with Gasteiger partial charge < -0.3 is 4.74 Å². The number of para-hydroxylation sites is 1. The van der Waals surface area contributed by atoms with Crippen LogP contribution in [0.4, 0.5) is 0 Å². The van der Waals surface area contributed by atoms with E-state index in [0.29, 0.717) is 0 Å². The van der Waals surface area contributed by atoms with Crippen molar-refractivity contribution in [3.8, 4) is 5.75 Å². The van der Waals surface area contributed by atoms with Crippen molar-refractivity contribution < 1.29 is 4.74 Å². The van der Waals surface area contributed by atoms with Crippen molar-refractivity contribution in [2.24, 2.45) is 5.84 Å². The minimum Gasteiger partial charge on any atom is -0.493 e. The van der Waals surface area contributed by atoms with Crippen molar-refractivity contribution in [2.75, 3.05) is 6.61 Å². The molecule has 0 spiro atoms. The smallest absolute Gasteiger partial charge is 0.127 e. The third-order valence-corrected chi connectivity index (χ3v) is 3.10. The molecule has 0 fully saturated rings. The topological polar surface area (TPSA) is 73.1 Å². The number of nitrogens with one attached hydrogen (secondary N) is 1. The summed E-state index contributed by atoms with van der Waals surface area (Å²) >= 11 is 0. The SMILES string of the molecule is NNC(c1cnccn1)c1cccc2c1OCC2. The standard InChI is InChI=1S/C13H14N4O/c14-17-12(11-8-15-5-6-16-11)10-3-1-2-9-4-7-18-13(9)10/h1-3,5-6,8,12,17H,4,7,14H2. The van der Waals surface area contributed by atoms with Crippen LogP contribution in [0.25, 0.3) is 0 Å². The Bertz CT molecular complexity index is 544. The van der Waals surface area contributed by atoms with E-state index >= 15 is 0 Å². The molecule has 92 valence electrons. The Balaban J connectivity index is 2.05. The molecule has 1 aliphatic heterocycles. The minimum absolute atomic E-state index is 0.202. The number of hydrogen-bond acceptors (Lipinski definition) is 5. The summed E-state index contributed by atoms with van der Waals surface area (Å²) < 4.78 is 5.69. The highest BCUT2D eigenvalue weighted by atomic mass is 16.5. The van der Waals surface area contributed by atoms with Gasteiger partial charge in [0.2, 0.25) is 0 Å². The van der Waals surface area contributed by atoms with Crippen LogP contribution in [-0.2, 0) is 6.42 Å². The predicted octanol–water partition coefficient (Wildman–Crippen LogP) is 0.964. The van der Waals surface area contributed by atoms with Gasteiger partial charge in [0, 0.05) is 24.4 Å². The summed E-state index contributed by atoms with van der Waals surface area (Å²) in [5.41, 5.74) is 5.79. The third kappa shape index (κ3) is 1.83. The molecule has 0 saturated carbocycles. The van der Waals surface area contributed by atoms with Crippen LogP contribution in [-0.4, -0.2) is 16.6 Å². The summed E-state index contributed by atoms with van der Waals surface area (Å²) in [6, 6.07) is 5.90. The summed E-state index contributed by atoms with van der Waals surface area (Å²) in [6.45, 7) is 0.726. The molecule has 2 heterocycles. The third-order valence-electron chi connectivity index (χ3n) is 3.10. The quantitative estimate of drug-likeness (QED) is 0.619. The Morgan fingerprint density at radius 3 is 3.06 bits per heavy atom. The summed E-state index contributed by atoms with van der Waals surface area (Å²) in [5.74, 6) is 6.58. The van der Waals surface area contributed by atoms with Crippen LogP contribution in [0, 0.1) is 0 Å². The van der Waals surface area contributed by atoms with Gasteiger partial charge in [0.15, 0.2) is 0 Å². The normalized spacial score (nSPS) is 14.9. The number of ether oxygens (including phenoxy) is 1. The molecule has 0 radical (unpaired) electrons. The van der Waals surface area contributed by atoms with Crippen molar-refractivity contribution in [2.45, 2.75) is 12.5 Å². The zero-order valence-electron chi connectivity index (χ0n) is 9.84. The van der Waals surface area contributed by atoms with Gasteiger partial charge in [0.05, 0.1) is 24.5 Å². The molecule has 1 aromatic carbocycles. The number of benzene rings is 1. The number of hydrogen-bond donors (Lipinski definition) is 2. The molecule has 5 heteroatoms. The first-order valence-corrected chi connectivity index (χ1v) is 5.87. The number of fused-ring (bicyclic) bond motifs is 1. The largest absolute Gasteiger partial charge is 0.493 e. The van der Waals surface area contributed by atoms with Crippen molar-refractivity contribution >= 4 is 0 Å². The molecule has 2 aromatic rings. The highest BCUT2D eigenvalue weighted by Crippen LogP contribution is 2.34. The molecule has 1 atom stereocenters. The summed E-state index contributed by atoms with van der Waals surface area (Å²) in [7, 11) is 0. The van der Waals surface area contributed by atoms with Crippen molar-refractivity contribution in [1.29, 1.82) is 0 Å². The maximum absolute atomic E-state index is 5.69. The highest BCUT2D eigenvalue weighted by molar-refractivity contribution is 5.47. The average molecular weight is 242 g/mol. The fourth-order valence-corrected chi connectivity index (χ4v) is 2.26. The lowest BCUT2D eigenvalue weighted by atomic mass is 10.0. The first-order chi connectivity index (χ1) is 8.90. The van der Waals surface area contributed by atoms with Gasteiger partial charge in [-0.3, -0.25) is 15.8 Å². The molecule has 0 amide bonds. The second-order valence-electron chi connectivity index (χ2n) is 4.16. The minimum atomic E-state index is -0.202. The molecule has 3 N–H and O–H groups in total. The van der Waals surface area contributed by atoms with Crippen molar-refractivity contribution in [3.63, 3.8) is 0 Å². The second-order valence-corrected chi connectivity index (χ2v) is 4.16. The summed E-state index contributed by atoms with van der Waals surface area (Å²) in [6.07, 6.45) is 5.95. The Kier molecular flexibility index (Phi) is 2.92. The molecular formula is C13H14N4O. The molecule has 0 saturated heterocycles. The van der Waals surface area contributed by atoms with Gasteiger partial charge in [-0.2, -0.15) is 0 Å². The van der Waals surface area contributed by atoms with E-state index in [4.69, 9.17) is 10.6 Å². The summed E-state index contributed by atoms with van der Waals surface area (Å²) in [4.78, 5) is 8.36. The number of hydrazine groups is 1. The van der Waals surface area contributed by atoms with Gasteiger partial charge in [0.1, 0.15) is 5.75 Å². The van der Waals surface area contributed by atoms with Gasteiger partial charge in [-0.1, -0.05) is 18.2 Å². The molecule has 1 aromatic heterocycles. The van der Waals surface area contributed by atoms with Gasteiger partial charge in [-0.15, -0.1) is 0 Å².